The summed E-state index contributed by atoms with van der Waals surface area (Å²) in [4.78, 5) is 39.7. The van der Waals surface area contributed by atoms with Crippen molar-refractivity contribution in [3.05, 3.63) is 0 Å². The summed E-state index contributed by atoms with van der Waals surface area (Å²) in [5, 5.41) is 3.15. The fraction of sp³-hybridized carbons (Fsp3) is 0.850. The van der Waals surface area contributed by atoms with Gasteiger partial charge in [-0.15, -0.1) is 0 Å². The Kier molecular flexibility index (Phi) is 8.88. The van der Waals surface area contributed by atoms with Gasteiger partial charge in [0.05, 0.1) is 6.61 Å². The number of hydrogen-bond donors (Lipinski definition) is 1. The lowest BCUT2D eigenvalue weighted by atomic mass is 10.0. The molecule has 0 bridgehead atoms. The van der Waals surface area contributed by atoms with E-state index in [9.17, 15) is 14.4 Å². The molecule has 2 aliphatic rings. The molecule has 0 unspecified atom stereocenters. The van der Waals surface area contributed by atoms with Gasteiger partial charge >= 0.3 is 6.09 Å². The molecule has 0 atom stereocenters. The Morgan fingerprint density at radius 3 is 2.22 bits per heavy atom. The second-order valence-corrected chi connectivity index (χ2v) is 7.64. The van der Waals surface area contributed by atoms with Crippen LogP contribution in [0.5, 0.6) is 0 Å². The average molecular weight is 382 g/mol. The van der Waals surface area contributed by atoms with Gasteiger partial charge in [0.1, 0.15) is 0 Å². The first kappa shape index (κ1) is 21.5. The molecule has 7 nitrogen and oxygen atoms in total. The number of nitrogens with one attached hydrogen (secondary N) is 1. The minimum Gasteiger partial charge on any atom is -0.450 e. The zero-order valence-electron chi connectivity index (χ0n) is 16.9. The zero-order valence-corrected chi connectivity index (χ0v) is 16.9. The van der Waals surface area contributed by atoms with E-state index in [0.29, 0.717) is 38.7 Å². The van der Waals surface area contributed by atoms with Gasteiger partial charge in [0.2, 0.25) is 11.8 Å². The number of rotatable bonds is 6. The van der Waals surface area contributed by atoms with Crippen LogP contribution in [-0.2, 0) is 14.3 Å². The van der Waals surface area contributed by atoms with Crippen LogP contribution in [-0.4, -0.2) is 66.0 Å². The lowest BCUT2D eigenvalue weighted by Crippen LogP contribution is -2.49. The van der Waals surface area contributed by atoms with Crippen molar-refractivity contribution in [1.82, 2.24) is 15.1 Å². The van der Waals surface area contributed by atoms with E-state index in [1.165, 1.54) is 25.7 Å². The predicted octanol–water partition coefficient (Wildman–Crippen LogP) is 2.68. The quantitative estimate of drug-likeness (QED) is 0.718. The summed E-state index contributed by atoms with van der Waals surface area (Å²) in [6.07, 6.45) is 8.52. The smallest absolute Gasteiger partial charge is 0.409 e. The third-order valence-corrected chi connectivity index (χ3v) is 5.64. The number of ether oxygens (including phenoxy) is 1. The summed E-state index contributed by atoms with van der Waals surface area (Å²) in [6.45, 7) is 5.33. The molecule has 0 aromatic heterocycles. The van der Waals surface area contributed by atoms with E-state index in [0.717, 1.165) is 25.7 Å². The Labute approximate surface area is 162 Å². The maximum atomic E-state index is 12.3. The number of amides is 3. The highest BCUT2D eigenvalue weighted by molar-refractivity contribution is 5.78. The number of likely N-dealkylation sites (tertiary alicyclic amines) is 1. The van der Waals surface area contributed by atoms with Crippen molar-refractivity contribution in [3.63, 3.8) is 0 Å². The Hall–Kier alpha value is -1.79. The highest BCUT2D eigenvalue weighted by Crippen LogP contribution is 2.19. The van der Waals surface area contributed by atoms with E-state index in [2.05, 4.69) is 5.32 Å². The van der Waals surface area contributed by atoms with Crippen molar-refractivity contribution < 1.29 is 19.1 Å². The largest absolute Gasteiger partial charge is 0.450 e. The summed E-state index contributed by atoms with van der Waals surface area (Å²) in [5.74, 6) is 0.0314. The molecule has 1 saturated heterocycles. The maximum Gasteiger partial charge on any atom is 0.409 e. The molecule has 0 aromatic carbocycles. The molecule has 1 N–H and O–H groups in total. The summed E-state index contributed by atoms with van der Waals surface area (Å²) >= 11 is 0. The topological polar surface area (TPSA) is 79.0 Å². The fourth-order valence-corrected chi connectivity index (χ4v) is 4.12. The first-order valence-electron chi connectivity index (χ1n) is 10.5. The van der Waals surface area contributed by atoms with Crippen molar-refractivity contribution >= 4 is 17.9 Å². The van der Waals surface area contributed by atoms with Crippen LogP contribution in [0.1, 0.15) is 71.6 Å². The Morgan fingerprint density at radius 1 is 1.04 bits per heavy atom. The predicted molar refractivity (Wildman–Crippen MR) is 103 cm³/mol. The molecule has 1 aliphatic heterocycles. The third-order valence-electron chi connectivity index (χ3n) is 5.64. The van der Waals surface area contributed by atoms with Crippen LogP contribution in [0.4, 0.5) is 4.79 Å². The second-order valence-electron chi connectivity index (χ2n) is 7.64. The van der Waals surface area contributed by atoms with E-state index < -0.39 is 0 Å². The van der Waals surface area contributed by atoms with Crippen LogP contribution in [0, 0.1) is 0 Å². The molecule has 2 rings (SSSR count). The SMILES string of the molecule is CCOC(=O)N1CCC(N(CCC(=O)NC2CCCCCC2)C(C)=O)CC1. The molecule has 0 radical (unpaired) electrons. The summed E-state index contributed by atoms with van der Waals surface area (Å²) in [6, 6.07) is 0.373. The molecular weight excluding hydrogens is 346 g/mol. The van der Waals surface area contributed by atoms with E-state index in [1.807, 2.05) is 0 Å². The van der Waals surface area contributed by atoms with Gasteiger partial charge in [0, 0.05) is 45.1 Å². The molecule has 0 aromatic rings. The van der Waals surface area contributed by atoms with E-state index in [-0.39, 0.29) is 23.9 Å². The Bertz CT molecular complexity index is 495. The molecule has 27 heavy (non-hydrogen) atoms. The molecule has 3 amide bonds. The summed E-state index contributed by atoms with van der Waals surface area (Å²) in [7, 11) is 0. The standard InChI is InChI=1S/C20H35N3O4/c1-3-27-20(26)22-13-10-18(11-14-22)23(16(2)24)15-12-19(25)21-17-8-6-4-5-7-9-17/h17-18H,3-15H2,1-2H3,(H,21,25). The van der Waals surface area contributed by atoms with Crippen LogP contribution in [0.25, 0.3) is 0 Å². The zero-order chi connectivity index (χ0) is 19.6. The van der Waals surface area contributed by atoms with E-state index in [1.54, 1.807) is 23.6 Å². The van der Waals surface area contributed by atoms with Crippen LogP contribution in [0.2, 0.25) is 0 Å². The van der Waals surface area contributed by atoms with Gasteiger partial charge in [-0.2, -0.15) is 0 Å². The van der Waals surface area contributed by atoms with Crippen molar-refractivity contribution in [2.45, 2.75) is 83.7 Å². The van der Waals surface area contributed by atoms with Crippen LogP contribution < -0.4 is 5.32 Å². The van der Waals surface area contributed by atoms with Crippen LogP contribution in [0.3, 0.4) is 0 Å². The number of carbonyl (C=O) groups is 3. The van der Waals surface area contributed by atoms with Crippen molar-refractivity contribution in [2.24, 2.45) is 0 Å². The van der Waals surface area contributed by atoms with Crippen molar-refractivity contribution in [1.29, 1.82) is 0 Å². The fourth-order valence-electron chi connectivity index (χ4n) is 4.12. The monoisotopic (exact) mass is 381 g/mol. The minimum absolute atomic E-state index is 0.00755. The Balaban J connectivity index is 1.77. The molecule has 7 heteroatoms. The Morgan fingerprint density at radius 2 is 1.67 bits per heavy atom. The molecule has 1 saturated carbocycles. The van der Waals surface area contributed by atoms with Gasteiger partial charge in [0.25, 0.3) is 0 Å². The van der Waals surface area contributed by atoms with Crippen LogP contribution >= 0.6 is 0 Å². The molecule has 2 fully saturated rings. The van der Waals surface area contributed by atoms with Crippen LogP contribution in [0.15, 0.2) is 0 Å². The van der Waals surface area contributed by atoms with Gasteiger partial charge in [0.15, 0.2) is 0 Å². The number of hydrogen-bond acceptors (Lipinski definition) is 4. The second kappa shape index (κ2) is 11.1. The van der Waals surface area contributed by atoms with E-state index >= 15 is 0 Å². The molecule has 154 valence electrons. The molecular formula is C20H35N3O4. The lowest BCUT2D eigenvalue weighted by Gasteiger charge is -2.37. The maximum absolute atomic E-state index is 12.3. The van der Waals surface area contributed by atoms with Gasteiger partial charge in [-0.25, -0.2) is 4.79 Å². The molecule has 0 spiro atoms. The summed E-state index contributed by atoms with van der Waals surface area (Å²) in [5.41, 5.74) is 0. The number of piperidine rings is 1. The molecule has 1 heterocycles. The first-order valence-corrected chi connectivity index (χ1v) is 10.5. The summed E-state index contributed by atoms with van der Waals surface area (Å²) < 4.78 is 5.04. The highest BCUT2D eigenvalue weighted by atomic mass is 16.6. The van der Waals surface area contributed by atoms with Crippen molar-refractivity contribution in [3.8, 4) is 0 Å². The van der Waals surface area contributed by atoms with Crippen molar-refractivity contribution in [2.75, 3.05) is 26.2 Å². The van der Waals surface area contributed by atoms with Gasteiger partial charge in [-0.05, 0) is 32.6 Å². The normalized spacial score (nSPS) is 19.3. The van der Waals surface area contributed by atoms with Gasteiger partial charge in [-0.3, -0.25) is 9.59 Å². The van der Waals surface area contributed by atoms with Gasteiger partial charge in [-0.1, -0.05) is 25.7 Å². The molecule has 1 aliphatic carbocycles. The lowest BCUT2D eigenvalue weighted by molar-refractivity contribution is -0.132. The van der Waals surface area contributed by atoms with Gasteiger partial charge < -0.3 is 19.9 Å². The number of carbonyl (C=O) groups excluding carboxylic acids is 3. The highest BCUT2D eigenvalue weighted by Gasteiger charge is 2.29. The average Bonchev–Trinajstić information content (AvgIpc) is 2.91. The third kappa shape index (κ3) is 7.03. The number of nitrogens with zero attached hydrogens (tertiary/aromatic N) is 2. The first-order chi connectivity index (χ1) is 13.0. The van der Waals surface area contributed by atoms with E-state index in [4.69, 9.17) is 4.74 Å². The minimum atomic E-state index is -0.284.